The van der Waals surface area contributed by atoms with E-state index in [2.05, 4.69) is 15.5 Å². The van der Waals surface area contributed by atoms with E-state index in [4.69, 9.17) is 4.74 Å². The van der Waals surface area contributed by atoms with Crippen molar-refractivity contribution in [2.24, 2.45) is 5.92 Å². The van der Waals surface area contributed by atoms with E-state index in [1.165, 1.54) is 0 Å². The molecule has 6 nitrogen and oxygen atoms in total. The van der Waals surface area contributed by atoms with Crippen molar-refractivity contribution in [1.82, 2.24) is 5.32 Å². The van der Waals surface area contributed by atoms with Gasteiger partial charge in [0.2, 0.25) is 5.91 Å². The summed E-state index contributed by atoms with van der Waals surface area (Å²) in [6.07, 6.45) is 3.04. The Morgan fingerprint density at radius 2 is 1.87 bits per heavy atom. The Bertz CT molecular complexity index is 918. The Labute approximate surface area is 177 Å². The molecular formula is C24H29N3O3. The molecule has 1 heterocycles. The van der Waals surface area contributed by atoms with Gasteiger partial charge in [-0.25, -0.2) is 0 Å². The van der Waals surface area contributed by atoms with Crippen LogP contribution >= 0.6 is 0 Å². The molecule has 2 aliphatic rings. The molecule has 2 aromatic carbocycles. The van der Waals surface area contributed by atoms with Crippen LogP contribution in [0.3, 0.4) is 0 Å². The third kappa shape index (κ3) is 4.65. The Balaban J connectivity index is 1.53. The quantitative estimate of drug-likeness (QED) is 0.769. The smallest absolute Gasteiger partial charge is 0.253 e. The second-order valence-corrected chi connectivity index (χ2v) is 8.06. The van der Waals surface area contributed by atoms with Crippen LogP contribution in [0.1, 0.15) is 40.7 Å². The number of morpholine rings is 1. The lowest BCUT2D eigenvalue weighted by molar-refractivity contribution is -0.122. The van der Waals surface area contributed by atoms with E-state index in [0.717, 1.165) is 54.9 Å². The molecule has 0 unspecified atom stereocenters. The van der Waals surface area contributed by atoms with Gasteiger partial charge in [-0.2, -0.15) is 0 Å². The molecule has 0 aromatic heterocycles. The van der Waals surface area contributed by atoms with Crippen molar-refractivity contribution in [1.29, 1.82) is 0 Å². The minimum Gasteiger partial charge on any atom is -0.378 e. The highest BCUT2D eigenvalue weighted by Gasteiger charge is 2.26. The molecule has 2 amide bonds. The average Bonchev–Trinajstić information content (AvgIpc) is 2.72. The predicted octanol–water partition coefficient (Wildman–Crippen LogP) is 3.50. The highest BCUT2D eigenvalue weighted by Crippen LogP contribution is 2.30. The van der Waals surface area contributed by atoms with Gasteiger partial charge in [0, 0.05) is 31.2 Å². The lowest BCUT2D eigenvalue weighted by Gasteiger charge is -2.31. The lowest BCUT2D eigenvalue weighted by atomic mass is 9.85. The predicted molar refractivity (Wildman–Crippen MR) is 118 cm³/mol. The Morgan fingerprint density at radius 3 is 2.57 bits per heavy atom. The maximum absolute atomic E-state index is 13.0. The fraction of sp³-hybridized carbons (Fsp3) is 0.417. The highest BCUT2D eigenvalue weighted by molar-refractivity contribution is 6.01. The van der Waals surface area contributed by atoms with Crippen molar-refractivity contribution in [3.05, 3.63) is 59.2 Å². The number of aryl methyl sites for hydroxylation is 1. The molecule has 1 saturated carbocycles. The number of amides is 2. The monoisotopic (exact) mass is 407 g/mol. The summed E-state index contributed by atoms with van der Waals surface area (Å²) in [6, 6.07) is 13.6. The first-order valence-electron chi connectivity index (χ1n) is 10.7. The molecule has 6 heteroatoms. The van der Waals surface area contributed by atoms with E-state index in [1.54, 1.807) is 0 Å². The van der Waals surface area contributed by atoms with E-state index in [9.17, 15) is 9.59 Å². The fourth-order valence-corrected chi connectivity index (χ4v) is 3.86. The first-order chi connectivity index (χ1) is 14.6. The van der Waals surface area contributed by atoms with Crippen molar-refractivity contribution < 1.29 is 14.3 Å². The third-order valence-corrected chi connectivity index (χ3v) is 6.04. The number of carbonyl (C=O) groups is 2. The summed E-state index contributed by atoms with van der Waals surface area (Å²) in [5.74, 6) is 0.0801. The molecule has 2 fully saturated rings. The average molecular weight is 408 g/mol. The number of anilines is 2. The molecule has 1 aliphatic carbocycles. The highest BCUT2D eigenvalue weighted by atomic mass is 16.5. The fourth-order valence-electron chi connectivity index (χ4n) is 3.86. The summed E-state index contributed by atoms with van der Waals surface area (Å²) < 4.78 is 5.48. The normalized spacial score (nSPS) is 16.6. The molecule has 0 atom stereocenters. The summed E-state index contributed by atoms with van der Waals surface area (Å²) in [5.41, 5.74) is 4.45. The number of carbonyl (C=O) groups excluding carboxylic acids is 2. The van der Waals surface area contributed by atoms with Gasteiger partial charge < -0.3 is 20.3 Å². The summed E-state index contributed by atoms with van der Waals surface area (Å²) in [6.45, 7) is 5.22. The summed E-state index contributed by atoms with van der Waals surface area (Å²) in [5, 5.41) is 6.07. The van der Waals surface area contributed by atoms with Gasteiger partial charge in [-0.05, 0) is 49.1 Å². The summed E-state index contributed by atoms with van der Waals surface area (Å²) >= 11 is 0. The zero-order valence-electron chi connectivity index (χ0n) is 17.4. The minimum absolute atomic E-state index is 0.0749. The van der Waals surface area contributed by atoms with Crippen molar-refractivity contribution in [3.8, 4) is 0 Å². The first kappa shape index (κ1) is 20.4. The number of nitrogens with zero attached hydrogens (tertiary/aromatic N) is 1. The SMILES string of the molecule is Cc1ccccc1CNC(=O)c1ccc(NC(=O)C2CCC2)cc1N1CCOCC1. The molecule has 0 radical (unpaired) electrons. The molecule has 1 saturated heterocycles. The molecule has 0 spiro atoms. The van der Waals surface area contributed by atoms with Gasteiger partial charge in [-0.1, -0.05) is 30.7 Å². The number of ether oxygens (including phenoxy) is 1. The van der Waals surface area contributed by atoms with Gasteiger partial charge in [0.1, 0.15) is 0 Å². The molecule has 30 heavy (non-hydrogen) atoms. The van der Waals surface area contributed by atoms with Gasteiger partial charge in [0.15, 0.2) is 0 Å². The van der Waals surface area contributed by atoms with Crippen LogP contribution in [0.25, 0.3) is 0 Å². The second kappa shape index (κ2) is 9.30. The van der Waals surface area contributed by atoms with Gasteiger partial charge in [0.05, 0.1) is 24.5 Å². The zero-order valence-corrected chi connectivity index (χ0v) is 17.4. The topological polar surface area (TPSA) is 70.7 Å². The van der Waals surface area contributed by atoms with Crippen LogP contribution in [-0.4, -0.2) is 38.1 Å². The third-order valence-electron chi connectivity index (χ3n) is 6.04. The largest absolute Gasteiger partial charge is 0.378 e. The van der Waals surface area contributed by atoms with Crippen LogP contribution < -0.4 is 15.5 Å². The van der Waals surface area contributed by atoms with Crippen molar-refractivity contribution in [2.75, 3.05) is 36.5 Å². The van der Waals surface area contributed by atoms with E-state index in [-0.39, 0.29) is 17.7 Å². The molecule has 2 aromatic rings. The van der Waals surface area contributed by atoms with Crippen LogP contribution in [0.15, 0.2) is 42.5 Å². The van der Waals surface area contributed by atoms with Crippen LogP contribution in [-0.2, 0) is 16.1 Å². The number of nitrogens with one attached hydrogen (secondary N) is 2. The van der Waals surface area contributed by atoms with Crippen LogP contribution in [0.4, 0.5) is 11.4 Å². The van der Waals surface area contributed by atoms with Crippen molar-refractivity contribution >= 4 is 23.2 Å². The minimum atomic E-state index is -0.114. The van der Waals surface area contributed by atoms with Gasteiger partial charge in [-0.3, -0.25) is 9.59 Å². The number of hydrogen-bond acceptors (Lipinski definition) is 4. The van der Waals surface area contributed by atoms with E-state index in [0.29, 0.717) is 25.3 Å². The van der Waals surface area contributed by atoms with Crippen LogP contribution in [0.5, 0.6) is 0 Å². The maximum atomic E-state index is 13.0. The summed E-state index contributed by atoms with van der Waals surface area (Å²) in [7, 11) is 0. The van der Waals surface area contributed by atoms with Crippen molar-refractivity contribution in [2.45, 2.75) is 32.7 Å². The van der Waals surface area contributed by atoms with Crippen LogP contribution in [0.2, 0.25) is 0 Å². The van der Waals surface area contributed by atoms with Gasteiger partial charge >= 0.3 is 0 Å². The van der Waals surface area contributed by atoms with Gasteiger partial charge in [0.25, 0.3) is 5.91 Å². The lowest BCUT2D eigenvalue weighted by Crippen LogP contribution is -2.38. The Hall–Kier alpha value is -2.86. The summed E-state index contributed by atoms with van der Waals surface area (Å²) in [4.78, 5) is 27.6. The van der Waals surface area contributed by atoms with E-state index >= 15 is 0 Å². The standard InChI is InChI=1S/C24H29N3O3/c1-17-5-2-3-6-19(17)16-25-24(29)21-10-9-20(26-23(28)18-7-4-8-18)15-22(21)27-11-13-30-14-12-27/h2-3,5-6,9-10,15,18H,4,7-8,11-14,16H2,1H3,(H,25,29)(H,26,28). The van der Waals surface area contributed by atoms with Crippen LogP contribution in [0, 0.1) is 12.8 Å². The maximum Gasteiger partial charge on any atom is 0.253 e. The molecule has 4 rings (SSSR count). The van der Waals surface area contributed by atoms with E-state index < -0.39 is 0 Å². The van der Waals surface area contributed by atoms with Gasteiger partial charge in [-0.15, -0.1) is 0 Å². The Morgan fingerprint density at radius 1 is 1.10 bits per heavy atom. The molecule has 2 N–H and O–H groups in total. The van der Waals surface area contributed by atoms with Crippen molar-refractivity contribution in [3.63, 3.8) is 0 Å². The number of benzene rings is 2. The molecular weight excluding hydrogens is 378 g/mol. The first-order valence-corrected chi connectivity index (χ1v) is 10.7. The Kier molecular flexibility index (Phi) is 6.33. The zero-order chi connectivity index (χ0) is 20.9. The molecule has 0 bridgehead atoms. The molecule has 1 aliphatic heterocycles. The number of hydrogen-bond donors (Lipinski definition) is 2. The number of rotatable bonds is 6. The second-order valence-electron chi connectivity index (χ2n) is 8.06. The van der Waals surface area contributed by atoms with E-state index in [1.807, 2.05) is 49.4 Å². The molecule has 158 valence electrons.